The number of benzene rings is 1. The van der Waals surface area contributed by atoms with Crippen LogP contribution in [0.5, 0.6) is 5.75 Å². The highest BCUT2D eigenvalue weighted by Crippen LogP contribution is 2.11. The molecule has 0 amide bonds. The first-order chi connectivity index (χ1) is 9.38. The molecule has 1 aromatic heterocycles. The molecule has 0 bridgehead atoms. The molecule has 4 nitrogen and oxygen atoms in total. The van der Waals surface area contributed by atoms with Gasteiger partial charge in [0.2, 0.25) is 0 Å². The molecule has 1 N–H and O–H groups in total. The van der Waals surface area contributed by atoms with Gasteiger partial charge in [0, 0.05) is 24.4 Å². The van der Waals surface area contributed by atoms with Crippen LogP contribution in [0.2, 0.25) is 0 Å². The van der Waals surface area contributed by atoms with Gasteiger partial charge in [-0.15, -0.1) is 0 Å². The molecule has 0 aliphatic carbocycles. The van der Waals surface area contributed by atoms with Crippen LogP contribution in [0.3, 0.4) is 0 Å². The van der Waals surface area contributed by atoms with E-state index in [0.29, 0.717) is 13.0 Å². The average Bonchev–Trinajstić information content (AvgIpc) is 2.94. The molecule has 0 aliphatic heterocycles. The largest absolute Gasteiger partial charge is 0.492 e. The number of hydrogen-bond donors (Lipinski definition) is 1. The van der Waals surface area contributed by atoms with Crippen molar-refractivity contribution in [1.82, 2.24) is 9.78 Å². The molecule has 2 aromatic rings. The maximum atomic E-state index is 8.63. The summed E-state index contributed by atoms with van der Waals surface area (Å²) in [5.74, 6) is 6.67. The summed E-state index contributed by atoms with van der Waals surface area (Å²) in [5, 5.41) is 12.7. The molecule has 2 rings (SSSR count). The van der Waals surface area contributed by atoms with E-state index in [-0.39, 0.29) is 6.61 Å². The molecule has 0 radical (unpaired) electrons. The zero-order valence-electron chi connectivity index (χ0n) is 10.6. The number of hydrogen-bond acceptors (Lipinski definition) is 3. The quantitative estimate of drug-likeness (QED) is 0.828. The van der Waals surface area contributed by atoms with Gasteiger partial charge in [-0.2, -0.15) is 5.10 Å². The molecule has 98 valence electrons. The van der Waals surface area contributed by atoms with Crippen LogP contribution in [0.1, 0.15) is 12.0 Å². The minimum atomic E-state index is 0.0988. The van der Waals surface area contributed by atoms with E-state index in [1.165, 1.54) is 0 Å². The number of aromatic nitrogens is 2. The number of nitrogens with zero attached hydrogens (tertiary/aromatic N) is 2. The number of aliphatic hydroxyl groups is 1. The Morgan fingerprint density at radius 2 is 2.11 bits per heavy atom. The highest BCUT2D eigenvalue weighted by atomic mass is 16.5. The zero-order valence-corrected chi connectivity index (χ0v) is 10.6. The highest BCUT2D eigenvalue weighted by Gasteiger charge is 1.95. The van der Waals surface area contributed by atoms with Crippen LogP contribution < -0.4 is 4.74 Å². The lowest BCUT2D eigenvalue weighted by atomic mass is 10.2. The van der Waals surface area contributed by atoms with Crippen LogP contribution >= 0.6 is 0 Å². The van der Waals surface area contributed by atoms with Crippen LogP contribution in [0.15, 0.2) is 42.7 Å². The second kappa shape index (κ2) is 7.24. The zero-order chi connectivity index (χ0) is 13.3. The van der Waals surface area contributed by atoms with Gasteiger partial charge in [0.15, 0.2) is 0 Å². The Hall–Kier alpha value is -2.25. The van der Waals surface area contributed by atoms with E-state index in [1.54, 1.807) is 6.20 Å². The molecule has 0 saturated heterocycles. The summed E-state index contributed by atoms with van der Waals surface area (Å²) in [7, 11) is 0. The molecule has 0 unspecified atom stereocenters. The van der Waals surface area contributed by atoms with Crippen molar-refractivity contribution in [2.24, 2.45) is 0 Å². The van der Waals surface area contributed by atoms with Gasteiger partial charge in [-0.3, -0.25) is 4.68 Å². The molecule has 4 heteroatoms. The van der Waals surface area contributed by atoms with Gasteiger partial charge in [0.05, 0.1) is 13.2 Å². The summed E-state index contributed by atoms with van der Waals surface area (Å²) in [6.07, 6.45) is 4.16. The smallest absolute Gasteiger partial charge is 0.119 e. The molecule has 0 fully saturated rings. The summed E-state index contributed by atoms with van der Waals surface area (Å²) in [5.41, 5.74) is 0.924. The van der Waals surface area contributed by atoms with Crippen LogP contribution in [0, 0.1) is 11.8 Å². The maximum absolute atomic E-state index is 8.63. The third-order valence-corrected chi connectivity index (χ3v) is 2.47. The Morgan fingerprint density at radius 3 is 2.79 bits per heavy atom. The van der Waals surface area contributed by atoms with E-state index in [2.05, 4.69) is 16.9 Å². The van der Waals surface area contributed by atoms with Gasteiger partial charge in [0.1, 0.15) is 12.4 Å². The van der Waals surface area contributed by atoms with Crippen molar-refractivity contribution in [2.45, 2.75) is 13.0 Å². The van der Waals surface area contributed by atoms with Crippen LogP contribution in [-0.2, 0) is 6.54 Å². The van der Waals surface area contributed by atoms with Gasteiger partial charge in [-0.25, -0.2) is 0 Å². The Labute approximate surface area is 112 Å². The maximum Gasteiger partial charge on any atom is 0.119 e. The first kappa shape index (κ1) is 13.2. The van der Waals surface area contributed by atoms with E-state index in [1.807, 2.05) is 41.2 Å². The first-order valence-corrected chi connectivity index (χ1v) is 6.18. The number of aliphatic hydroxyl groups excluding tert-OH is 1. The number of rotatable bonds is 5. The molecule has 0 saturated carbocycles. The predicted molar refractivity (Wildman–Crippen MR) is 72.7 cm³/mol. The van der Waals surface area contributed by atoms with Gasteiger partial charge in [-0.1, -0.05) is 11.8 Å². The van der Waals surface area contributed by atoms with E-state index < -0.39 is 0 Å². The van der Waals surface area contributed by atoms with Crippen molar-refractivity contribution in [3.8, 4) is 17.6 Å². The highest BCUT2D eigenvalue weighted by molar-refractivity contribution is 5.38. The van der Waals surface area contributed by atoms with Crippen LogP contribution in [0.25, 0.3) is 0 Å². The minimum absolute atomic E-state index is 0.0988. The summed E-state index contributed by atoms with van der Waals surface area (Å²) < 4.78 is 7.44. The van der Waals surface area contributed by atoms with Crippen molar-refractivity contribution in [3.63, 3.8) is 0 Å². The third kappa shape index (κ3) is 4.49. The van der Waals surface area contributed by atoms with Crippen molar-refractivity contribution < 1.29 is 9.84 Å². The molecule has 19 heavy (non-hydrogen) atoms. The normalized spacial score (nSPS) is 9.74. The minimum Gasteiger partial charge on any atom is -0.492 e. The van der Waals surface area contributed by atoms with Crippen LogP contribution in [-0.4, -0.2) is 28.1 Å². The fourth-order valence-corrected chi connectivity index (χ4v) is 1.54. The monoisotopic (exact) mass is 256 g/mol. The lowest BCUT2D eigenvalue weighted by Crippen LogP contribution is -2.08. The van der Waals surface area contributed by atoms with E-state index >= 15 is 0 Å². The molecule has 1 aromatic carbocycles. The SMILES string of the molecule is OCCC#Cc1ccc(OCCn2cccn2)cc1. The Kier molecular flexibility index (Phi) is 5.03. The van der Waals surface area contributed by atoms with E-state index in [0.717, 1.165) is 17.9 Å². The second-order valence-corrected chi connectivity index (χ2v) is 3.92. The summed E-state index contributed by atoms with van der Waals surface area (Å²) in [6, 6.07) is 9.50. The predicted octanol–water partition coefficient (Wildman–Crippen LogP) is 1.70. The Balaban J connectivity index is 1.80. The van der Waals surface area contributed by atoms with Gasteiger partial charge >= 0.3 is 0 Å². The van der Waals surface area contributed by atoms with Crippen LogP contribution in [0.4, 0.5) is 0 Å². The lowest BCUT2D eigenvalue weighted by Gasteiger charge is -2.06. The first-order valence-electron chi connectivity index (χ1n) is 6.18. The van der Waals surface area contributed by atoms with E-state index in [9.17, 15) is 0 Å². The summed E-state index contributed by atoms with van der Waals surface area (Å²) in [6.45, 7) is 1.41. The molecule has 0 spiro atoms. The molecular formula is C15H16N2O2. The van der Waals surface area contributed by atoms with E-state index in [4.69, 9.17) is 9.84 Å². The summed E-state index contributed by atoms with van der Waals surface area (Å²) >= 11 is 0. The Morgan fingerprint density at radius 1 is 1.26 bits per heavy atom. The molecular weight excluding hydrogens is 240 g/mol. The summed E-state index contributed by atoms with van der Waals surface area (Å²) in [4.78, 5) is 0. The van der Waals surface area contributed by atoms with Gasteiger partial charge in [0.25, 0.3) is 0 Å². The van der Waals surface area contributed by atoms with Gasteiger partial charge < -0.3 is 9.84 Å². The molecule has 0 atom stereocenters. The van der Waals surface area contributed by atoms with Crippen molar-refractivity contribution >= 4 is 0 Å². The van der Waals surface area contributed by atoms with Crippen molar-refractivity contribution in [1.29, 1.82) is 0 Å². The fraction of sp³-hybridized carbons (Fsp3) is 0.267. The fourth-order valence-electron chi connectivity index (χ4n) is 1.54. The molecule has 0 aliphatic rings. The van der Waals surface area contributed by atoms with Crippen molar-refractivity contribution in [3.05, 3.63) is 48.3 Å². The van der Waals surface area contributed by atoms with Crippen molar-refractivity contribution in [2.75, 3.05) is 13.2 Å². The lowest BCUT2D eigenvalue weighted by molar-refractivity contribution is 0.291. The standard InChI is InChI=1S/C15H16N2O2/c18-12-2-1-4-14-5-7-15(8-6-14)19-13-11-17-10-3-9-16-17/h3,5-10,18H,2,11-13H2. The second-order valence-electron chi connectivity index (χ2n) is 3.92. The average molecular weight is 256 g/mol. The number of ether oxygens (including phenoxy) is 1. The third-order valence-electron chi connectivity index (χ3n) is 2.47. The van der Waals surface area contributed by atoms with Gasteiger partial charge in [-0.05, 0) is 30.3 Å². The Bertz CT molecular complexity index is 536. The topological polar surface area (TPSA) is 47.3 Å². The molecule has 1 heterocycles.